The molecule has 1 saturated heterocycles. The Labute approximate surface area is 161 Å². The zero-order valence-corrected chi connectivity index (χ0v) is 16.4. The van der Waals surface area contributed by atoms with Crippen molar-refractivity contribution in [1.82, 2.24) is 4.90 Å². The Hall–Kier alpha value is -1.50. The average Bonchev–Trinajstić information content (AvgIpc) is 2.62. The largest absolute Gasteiger partial charge is 0.490 e. The van der Waals surface area contributed by atoms with E-state index in [1.54, 1.807) is 0 Å². The van der Waals surface area contributed by atoms with Crippen molar-refractivity contribution in [3.63, 3.8) is 0 Å². The maximum absolute atomic E-state index is 13.0. The lowest BCUT2D eigenvalue weighted by atomic mass is 9.88. The van der Waals surface area contributed by atoms with E-state index in [9.17, 15) is 4.79 Å². The highest BCUT2D eigenvalue weighted by molar-refractivity contribution is 5.86. The van der Waals surface area contributed by atoms with E-state index in [0.717, 1.165) is 23.5 Å². The van der Waals surface area contributed by atoms with Gasteiger partial charge in [0.15, 0.2) is 11.5 Å². The molecule has 0 unspecified atom stereocenters. The quantitative estimate of drug-likeness (QED) is 0.843. The van der Waals surface area contributed by atoms with E-state index in [1.165, 1.54) is 5.56 Å². The highest BCUT2D eigenvalue weighted by atomic mass is 35.5. The van der Waals surface area contributed by atoms with Crippen molar-refractivity contribution >= 4 is 18.3 Å². The summed E-state index contributed by atoms with van der Waals surface area (Å²) in [5.41, 5.74) is 7.92. The topological polar surface area (TPSA) is 74.0 Å². The van der Waals surface area contributed by atoms with Crippen LogP contribution in [-0.4, -0.2) is 49.3 Å². The molecule has 2 aliphatic heterocycles. The Bertz CT molecular complexity index is 632. The molecule has 3 rings (SSSR count). The van der Waals surface area contributed by atoms with Crippen LogP contribution in [0.5, 0.6) is 11.5 Å². The number of halogens is 1. The molecule has 146 valence electrons. The molecule has 1 aromatic carbocycles. The molecule has 0 aromatic heterocycles. The van der Waals surface area contributed by atoms with Crippen molar-refractivity contribution in [3.8, 4) is 11.5 Å². The minimum atomic E-state index is -0.788. The highest BCUT2D eigenvalue weighted by Gasteiger charge is 2.39. The van der Waals surface area contributed by atoms with Gasteiger partial charge in [0.1, 0.15) is 0 Å². The summed E-state index contributed by atoms with van der Waals surface area (Å²) in [4.78, 5) is 14.8. The molecule has 0 aliphatic carbocycles. The predicted octanol–water partition coefficient (Wildman–Crippen LogP) is 2.30. The lowest BCUT2D eigenvalue weighted by molar-refractivity contribution is -0.141. The van der Waals surface area contributed by atoms with Crippen LogP contribution in [-0.2, 0) is 22.5 Å². The maximum Gasteiger partial charge on any atom is 0.243 e. The van der Waals surface area contributed by atoms with Gasteiger partial charge in [0, 0.05) is 26.3 Å². The number of rotatable bonds is 5. The second kappa shape index (κ2) is 8.93. The van der Waals surface area contributed by atoms with Crippen LogP contribution in [0.2, 0.25) is 0 Å². The molecule has 0 radical (unpaired) electrons. The molecule has 7 heteroatoms. The number of benzene rings is 1. The number of carbonyl (C=O) groups excluding carboxylic acids is 1. The summed E-state index contributed by atoms with van der Waals surface area (Å²) in [6.07, 6.45) is 1.98. The van der Waals surface area contributed by atoms with Crippen molar-refractivity contribution in [1.29, 1.82) is 0 Å². The molecule has 2 N–H and O–H groups in total. The molecule has 0 spiro atoms. The zero-order valence-electron chi connectivity index (χ0n) is 15.6. The summed E-state index contributed by atoms with van der Waals surface area (Å²) < 4.78 is 16.8. The Balaban J connectivity index is 0.00000243. The van der Waals surface area contributed by atoms with E-state index in [-0.39, 0.29) is 18.3 Å². The monoisotopic (exact) mass is 384 g/mol. The zero-order chi connectivity index (χ0) is 17.9. The number of fused-ring (bicyclic) bond motifs is 1. The van der Waals surface area contributed by atoms with Crippen LogP contribution in [0.4, 0.5) is 0 Å². The van der Waals surface area contributed by atoms with Gasteiger partial charge in [-0.05, 0) is 56.4 Å². The summed E-state index contributed by atoms with van der Waals surface area (Å²) in [6, 6.07) is 4.06. The van der Waals surface area contributed by atoms with E-state index < -0.39 is 5.54 Å². The standard InChI is InChI=1S/C19H28N2O4.ClH/c1-3-24-16-11-14-5-8-21(13-15(14)12-17(16)25-4-2)18(22)19(20)6-9-23-10-7-19;/h11-12H,3-10,13,20H2,1-2H3;1H. The molecule has 0 atom stereocenters. The molecule has 0 bridgehead atoms. The lowest BCUT2D eigenvalue weighted by Crippen LogP contribution is -2.58. The van der Waals surface area contributed by atoms with Crippen LogP contribution in [0, 0.1) is 0 Å². The van der Waals surface area contributed by atoms with E-state index in [1.807, 2.05) is 24.8 Å². The molecule has 26 heavy (non-hydrogen) atoms. The van der Waals surface area contributed by atoms with Gasteiger partial charge < -0.3 is 24.8 Å². The van der Waals surface area contributed by atoms with Crippen LogP contribution < -0.4 is 15.2 Å². The van der Waals surface area contributed by atoms with E-state index in [4.69, 9.17) is 19.9 Å². The average molecular weight is 385 g/mol. The van der Waals surface area contributed by atoms with Gasteiger partial charge >= 0.3 is 0 Å². The summed E-state index contributed by atoms with van der Waals surface area (Å²) in [6.45, 7) is 7.45. The van der Waals surface area contributed by atoms with Crippen LogP contribution in [0.1, 0.15) is 37.8 Å². The predicted molar refractivity (Wildman–Crippen MR) is 102 cm³/mol. The van der Waals surface area contributed by atoms with Crippen LogP contribution in [0.25, 0.3) is 0 Å². The van der Waals surface area contributed by atoms with Gasteiger partial charge in [-0.2, -0.15) is 0 Å². The Morgan fingerprint density at radius 1 is 1.15 bits per heavy atom. The summed E-state index contributed by atoms with van der Waals surface area (Å²) >= 11 is 0. The first kappa shape index (κ1) is 20.8. The van der Waals surface area contributed by atoms with Crippen molar-refractivity contribution < 1.29 is 19.0 Å². The number of nitrogens with zero attached hydrogens (tertiary/aromatic N) is 1. The second-order valence-corrected chi connectivity index (χ2v) is 6.68. The molecule has 2 heterocycles. The third-order valence-corrected chi connectivity index (χ3v) is 4.98. The van der Waals surface area contributed by atoms with Gasteiger partial charge in [0.05, 0.1) is 18.8 Å². The Morgan fingerprint density at radius 3 is 2.31 bits per heavy atom. The van der Waals surface area contributed by atoms with Gasteiger partial charge in [-0.3, -0.25) is 4.79 Å². The smallest absolute Gasteiger partial charge is 0.243 e. The number of hydrogen-bond acceptors (Lipinski definition) is 5. The van der Waals surface area contributed by atoms with E-state index in [0.29, 0.717) is 52.4 Å². The minimum Gasteiger partial charge on any atom is -0.490 e. The first-order valence-corrected chi connectivity index (χ1v) is 9.14. The third kappa shape index (κ3) is 4.24. The van der Waals surface area contributed by atoms with Crippen LogP contribution >= 0.6 is 12.4 Å². The van der Waals surface area contributed by atoms with E-state index in [2.05, 4.69) is 6.07 Å². The summed E-state index contributed by atoms with van der Waals surface area (Å²) in [5.74, 6) is 1.56. The van der Waals surface area contributed by atoms with Gasteiger partial charge in [-0.25, -0.2) is 0 Å². The fourth-order valence-electron chi connectivity index (χ4n) is 3.54. The van der Waals surface area contributed by atoms with Crippen molar-refractivity contribution in [2.45, 2.75) is 45.2 Å². The van der Waals surface area contributed by atoms with Gasteiger partial charge in [-0.15, -0.1) is 12.4 Å². The molecule has 1 amide bonds. The molecule has 0 saturated carbocycles. The van der Waals surface area contributed by atoms with Gasteiger partial charge in [-0.1, -0.05) is 0 Å². The Kier molecular flexibility index (Phi) is 7.15. The second-order valence-electron chi connectivity index (χ2n) is 6.68. The van der Waals surface area contributed by atoms with Gasteiger partial charge in [0.2, 0.25) is 5.91 Å². The molecule has 6 nitrogen and oxygen atoms in total. The van der Waals surface area contributed by atoms with Crippen LogP contribution in [0.3, 0.4) is 0 Å². The first-order valence-electron chi connectivity index (χ1n) is 9.14. The maximum atomic E-state index is 13.0. The molecule has 1 aromatic rings. The summed E-state index contributed by atoms with van der Waals surface area (Å²) in [7, 11) is 0. The van der Waals surface area contributed by atoms with Gasteiger partial charge in [0.25, 0.3) is 0 Å². The highest BCUT2D eigenvalue weighted by Crippen LogP contribution is 2.34. The van der Waals surface area contributed by atoms with Crippen LogP contribution in [0.15, 0.2) is 12.1 Å². The SMILES string of the molecule is CCOc1cc2c(cc1OCC)CN(C(=O)C1(N)CCOCC1)CC2.Cl. The number of hydrogen-bond donors (Lipinski definition) is 1. The first-order chi connectivity index (χ1) is 12.1. The fourth-order valence-corrected chi connectivity index (χ4v) is 3.54. The third-order valence-electron chi connectivity index (χ3n) is 4.98. The minimum absolute atomic E-state index is 0. The van der Waals surface area contributed by atoms with Crippen molar-refractivity contribution in [2.75, 3.05) is 33.0 Å². The van der Waals surface area contributed by atoms with Crippen molar-refractivity contribution in [3.05, 3.63) is 23.3 Å². The van der Waals surface area contributed by atoms with E-state index >= 15 is 0 Å². The number of nitrogens with two attached hydrogens (primary N) is 1. The lowest BCUT2D eigenvalue weighted by Gasteiger charge is -2.39. The number of amides is 1. The molecular weight excluding hydrogens is 356 g/mol. The molecule has 2 aliphatic rings. The number of carbonyl (C=O) groups is 1. The molecular formula is C19H29ClN2O4. The normalized spacial score (nSPS) is 18.5. The summed E-state index contributed by atoms with van der Waals surface area (Å²) in [5, 5.41) is 0. The fraction of sp³-hybridized carbons (Fsp3) is 0.632. The Morgan fingerprint density at radius 2 is 1.73 bits per heavy atom. The number of ether oxygens (including phenoxy) is 3. The molecule has 1 fully saturated rings. The van der Waals surface area contributed by atoms with Crippen molar-refractivity contribution in [2.24, 2.45) is 5.73 Å².